The van der Waals surface area contributed by atoms with Crippen LogP contribution in [0.3, 0.4) is 0 Å². The van der Waals surface area contributed by atoms with Gasteiger partial charge in [-0.15, -0.1) is 0 Å². The Labute approximate surface area is 89.1 Å². The molecule has 0 aromatic heterocycles. The Kier molecular flexibility index (Phi) is 3.68. The molecule has 0 spiro atoms. The van der Waals surface area contributed by atoms with E-state index in [1.807, 2.05) is 30.3 Å². The number of phosphoric ester groups is 1. The molecule has 0 heterocycles. The number of hydrogen-bond donors (Lipinski definition) is 2. The van der Waals surface area contributed by atoms with Crippen LogP contribution in [0.25, 0.3) is 0 Å². The van der Waals surface area contributed by atoms with Gasteiger partial charge in [-0.2, -0.15) is 0 Å². The standard InChI is InChI=1S/C10H15O4P/c1-10(2,14-15(11,12)13)8-9-6-4-3-5-7-9/h3-7H,8H2,1-2H3,(H2,11,12,13). The third-order valence-electron chi connectivity index (χ3n) is 1.84. The van der Waals surface area contributed by atoms with Crippen molar-refractivity contribution in [2.45, 2.75) is 25.9 Å². The Bertz CT molecular complexity index is 355. The van der Waals surface area contributed by atoms with Crippen molar-refractivity contribution in [3.8, 4) is 0 Å². The molecule has 0 atom stereocenters. The summed E-state index contributed by atoms with van der Waals surface area (Å²) in [6.07, 6.45) is 0.457. The normalized spacial score (nSPS) is 12.8. The maximum absolute atomic E-state index is 10.7. The summed E-state index contributed by atoms with van der Waals surface area (Å²) in [5.74, 6) is 0. The average Bonchev–Trinajstić information content (AvgIpc) is 1.99. The molecule has 0 saturated carbocycles. The van der Waals surface area contributed by atoms with Gasteiger partial charge in [0.15, 0.2) is 0 Å². The molecule has 0 fully saturated rings. The first-order valence-corrected chi connectivity index (χ1v) is 6.12. The van der Waals surface area contributed by atoms with E-state index in [1.54, 1.807) is 13.8 Å². The van der Waals surface area contributed by atoms with Crippen LogP contribution in [-0.2, 0) is 15.5 Å². The number of hydrogen-bond acceptors (Lipinski definition) is 2. The van der Waals surface area contributed by atoms with E-state index >= 15 is 0 Å². The highest BCUT2D eigenvalue weighted by Crippen LogP contribution is 2.42. The van der Waals surface area contributed by atoms with Gasteiger partial charge in [-0.05, 0) is 19.4 Å². The Hall–Kier alpha value is -0.670. The molecule has 15 heavy (non-hydrogen) atoms. The van der Waals surface area contributed by atoms with Crippen LogP contribution in [0.1, 0.15) is 19.4 Å². The van der Waals surface area contributed by atoms with Gasteiger partial charge in [-0.1, -0.05) is 30.3 Å². The Morgan fingerprint density at radius 3 is 2.27 bits per heavy atom. The van der Waals surface area contributed by atoms with Crippen LogP contribution in [-0.4, -0.2) is 15.4 Å². The van der Waals surface area contributed by atoms with Gasteiger partial charge >= 0.3 is 7.82 Å². The monoisotopic (exact) mass is 230 g/mol. The second-order valence-corrected chi connectivity index (χ2v) is 5.17. The van der Waals surface area contributed by atoms with Crippen molar-refractivity contribution in [3.05, 3.63) is 35.9 Å². The minimum Gasteiger partial charge on any atom is -0.303 e. The minimum absolute atomic E-state index is 0.457. The fourth-order valence-electron chi connectivity index (χ4n) is 1.44. The summed E-state index contributed by atoms with van der Waals surface area (Å²) in [7, 11) is -4.42. The first-order valence-electron chi connectivity index (χ1n) is 4.59. The highest BCUT2D eigenvalue weighted by Gasteiger charge is 2.28. The number of rotatable bonds is 4. The predicted molar refractivity (Wildman–Crippen MR) is 57.4 cm³/mol. The molecule has 2 N–H and O–H groups in total. The second kappa shape index (κ2) is 4.45. The van der Waals surface area contributed by atoms with E-state index in [0.29, 0.717) is 6.42 Å². The van der Waals surface area contributed by atoms with Crippen molar-refractivity contribution in [3.63, 3.8) is 0 Å². The smallest absolute Gasteiger partial charge is 0.303 e. The number of benzene rings is 1. The first kappa shape index (κ1) is 12.4. The zero-order chi connectivity index (χ0) is 11.5. The molecule has 0 aliphatic heterocycles. The van der Waals surface area contributed by atoms with Gasteiger partial charge in [-0.25, -0.2) is 4.57 Å². The molecule has 4 nitrogen and oxygen atoms in total. The van der Waals surface area contributed by atoms with E-state index in [-0.39, 0.29) is 0 Å². The van der Waals surface area contributed by atoms with Gasteiger partial charge < -0.3 is 9.79 Å². The third kappa shape index (κ3) is 5.09. The largest absolute Gasteiger partial charge is 0.470 e. The summed E-state index contributed by atoms with van der Waals surface area (Å²) in [5, 5.41) is 0. The molecule has 1 rings (SSSR count). The lowest BCUT2D eigenvalue weighted by Gasteiger charge is -2.25. The van der Waals surface area contributed by atoms with Crippen molar-refractivity contribution in [2.75, 3.05) is 0 Å². The van der Waals surface area contributed by atoms with Gasteiger partial charge in [-0.3, -0.25) is 4.52 Å². The van der Waals surface area contributed by atoms with E-state index in [0.717, 1.165) is 5.56 Å². The van der Waals surface area contributed by atoms with Crippen LogP contribution < -0.4 is 0 Å². The molecule has 0 amide bonds. The average molecular weight is 230 g/mol. The lowest BCUT2D eigenvalue weighted by molar-refractivity contribution is 0.0656. The summed E-state index contributed by atoms with van der Waals surface area (Å²) in [6, 6.07) is 9.43. The van der Waals surface area contributed by atoms with E-state index in [9.17, 15) is 4.57 Å². The van der Waals surface area contributed by atoms with E-state index < -0.39 is 13.4 Å². The van der Waals surface area contributed by atoms with Crippen LogP contribution in [0.4, 0.5) is 0 Å². The molecule has 0 radical (unpaired) electrons. The van der Waals surface area contributed by atoms with Crippen molar-refractivity contribution in [1.82, 2.24) is 0 Å². The molecule has 0 aliphatic rings. The first-order chi connectivity index (χ1) is 6.79. The van der Waals surface area contributed by atoms with Crippen LogP contribution in [0, 0.1) is 0 Å². The second-order valence-electron chi connectivity index (χ2n) is 4.00. The zero-order valence-electron chi connectivity index (χ0n) is 8.75. The van der Waals surface area contributed by atoms with Crippen molar-refractivity contribution in [1.29, 1.82) is 0 Å². The van der Waals surface area contributed by atoms with Gasteiger partial charge in [0.05, 0.1) is 5.60 Å². The predicted octanol–water partition coefficient (Wildman–Crippen LogP) is 2.12. The quantitative estimate of drug-likeness (QED) is 0.777. The fourth-order valence-corrected chi connectivity index (χ4v) is 2.15. The zero-order valence-corrected chi connectivity index (χ0v) is 9.65. The summed E-state index contributed by atoms with van der Waals surface area (Å²) in [4.78, 5) is 17.4. The Balaban J connectivity index is 2.69. The van der Waals surface area contributed by atoms with E-state index in [2.05, 4.69) is 0 Å². The summed E-state index contributed by atoms with van der Waals surface area (Å²) < 4.78 is 15.4. The maximum atomic E-state index is 10.7. The van der Waals surface area contributed by atoms with Crippen LogP contribution >= 0.6 is 7.82 Å². The molecule has 84 valence electrons. The topological polar surface area (TPSA) is 66.8 Å². The summed E-state index contributed by atoms with van der Waals surface area (Å²) in [6.45, 7) is 3.30. The van der Waals surface area contributed by atoms with Crippen LogP contribution in [0.2, 0.25) is 0 Å². The van der Waals surface area contributed by atoms with E-state index in [4.69, 9.17) is 14.3 Å². The highest BCUT2D eigenvalue weighted by atomic mass is 31.2. The fraction of sp³-hybridized carbons (Fsp3) is 0.400. The van der Waals surface area contributed by atoms with Gasteiger partial charge in [0, 0.05) is 6.42 Å². The number of phosphoric acid groups is 1. The summed E-state index contributed by atoms with van der Waals surface area (Å²) >= 11 is 0. The van der Waals surface area contributed by atoms with E-state index in [1.165, 1.54) is 0 Å². The Morgan fingerprint density at radius 2 is 1.80 bits per heavy atom. The maximum Gasteiger partial charge on any atom is 0.470 e. The molecule has 0 saturated heterocycles. The molecule has 0 bridgehead atoms. The van der Waals surface area contributed by atoms with Crippen molar-refractivity contribution in [2.24, 2.45) is 0 Å². The molecule has 5 heteroatoms. The lowest BCUT2D eigenvalue weighted by Crippen LogP contribution is -2.25. The summed E-state index contributed by atoms with van der Waals surface area (Å²) in [5.41, 5.74) is 0.108. The third-order valence-corrected chi connectivity index (χ3v) is 2.57. The molecule has 0 aliphatic carbocycles. The molecular formula is C10H15O4P. The van der Waals surface area contributed by atoms with Gasteiger partial charge in [0.25, 0.3) is 0 Å². The van der Waals surface area contributed by atoms with Crippen molar-refractivity contribution < 1.29 is 18.9 Å². The highest BCUT2D eigenvalue weighted by molar-refractivity contribution is 7.46. The Morgan fingerprint density at radius 1 is 1.27 bits per heavy atom. The lowest BCUT2D eigenvalue weighted by atomic mass is 9.99. The van der Waals surface area contributed by atoms with Crippen LogP contribution in [0.15, 0.2) is 30.3 Å². The minimum atomic E-state index is -4.42. The van der Waals surface area contributed by atoms with Crippen LogP contribution in [0.5, 0.6) is 0 Å². The molecule has 1 aromatic carbocycles. The SMILES string of the molecule is CC(C)(Cc1ccccc1)OP(=O)(O)O. The molecule has 1 aromatic rings. The van der Waals surface area contributed by atoms with Crippen molar-refractivity contribution >= 4 is 7.82 Å². The molecule has 0 unspecified atom stereocenters. The molecular weight excluding hydrogens is 215 g/mol. The van der Waals surface area contributed by atoms with Gasteiger partial charge in [0.2, 0.25) is 0 Å². The van der Waals surface area contributed by atoms with Gasteiger partial charge in [0.1, 0.15) is 0 Å².